The van der Waals surface area contributed by atoms with Gasteiger partial charge in [-0.15, -0.1) is 0 Å². The van der Waals surface area contributed by atoms with Gasteiger partial charge in [-0.05, 0) is 25.5 Å². The number of hydrogen-bond donors (Lipinski definition) is 2. The molecule has 0 spiro atoms. The number of alkyl halides is 3. The monoisotopic (exact) mass is 415 g/mol. The van der Waals surface area contributed by atoms with Crippen molar-refractivity contribution in [1.29, 1.82) is 0 Å². The average molecular weight is 415 g/mol. The van der Waals surface area contributed by atoms with Gasteiger partial charge < -0.3 is 15.4 Å². The lowest BCUT2D eigenvalue weighted by Crippen LogP contribution is -2.42. The van der Waals surface area contributed by atoms with Gasteiger partial charge in [-0.3, -0.25) is 4.68 Å². The van der Waals surface area contributed by atoms with Gasteiger partial charge in [-0.25, -0.2) is 9.38 Å². The molecule has 0 saturated heterocycles. The number of aliphatic imine (C=N–C) groups is 1. The van der Waals surface area contributed by atoms with Crippen LogP contribution in [0.2, 0.25) is 0 Å². The first kappa shape index (κ1) is 22.5. The molecule has 1 aromatic heterocycles. The fourth-order valence-corrected chi connectivity index (χ4v) is 2.61. The third-order valence-corrected chi connectivity index (χ3v) is 3.98. The first-order valence-corrected chi connectivity index (χ1v) is 9.27. The molecule has 6 nitrogen and oxygen atoms in total. The zero-order valence-corrected chi connectivity index (χ0v) is 16.6. The summed E-state index contributed by atoms with van der Waals surface area (Å²) in [5.74, 6) is 0.369. The van der Waals surface area contributed by atoms with Crippen molar-refractivity contribution < 1.29 is 22.3 Å². The lowest BCUT2D eigenvalue weighted by atomic mass is 10.2. The molecule has 2 aromatic rings. The summed E-state index contributed by atoms with van der Waals surface area (Å²) < 4.78 is 59.4. The van der Waals surface area contributed by atoms with Crippen LogP contribution >= 0.6 is 0 Å². The van der Waals surface area contributed by atoms with Crippen molar-refractivity contribution >= 4 is 5.96 Å². The van der Waals surface area contributed by atoms with Crippen LogP contribution in [0.15, 0.2) is 35.5 Å². The summed E-state index contributed by atoms with van der Waals surface area (Å²) in [4.78, 5) is 4.22. The first-order valence-electron chi connectivity index (χ1n) is 9.27. The topological polar surface area (TPSA) is 63.5 Å². The standard InChI is InChI=1S/C19H25F4N5O/c1-4-15(29-16-8-6-7-14(20)9-16)11-26-18(24-5-2)25-10-13-12-28(3)27-17(13)19(21,22)23/h6-9,12,15H,4-5,10-11H2,1-3H3,(H2,24,25,26). The number of benzene rings is 1. The number of halogens is 4. The number of aryl methyl sites for hydroxylation is 1. The number of ether oxygens (including phenoxy) is 1. The van der Waals surface area contributed by atoms with Crippen molar-refractivity contribution in [2.24, 2.45) is 12.0 Å². The minimum Gasteiger partial charge on any atom is -0.489 e. The van der Waals surface area contributed by atoms with Crippen molar-refractivity contribution in [2.75, 3.05) is 13.1 Å². The van der Waals surface area contributed by atoms with Gasteiger partial charge in [0.1, 0.15) is 17.7 Å². The van der Waals surface area contributed by atoms with E-state index in [0.29, 0.717) is 31.2 Å². The predicted molar refractivity (Wildman–Crippen MR) is 102 cm³/mol. The molecule has 0 saturated carbocycles. The fraction of sp³-hybridized carbons (Fsp3) is 0.474. The molecule has 1 atom stereocenters. The van der Waals surface area contributed by atoms with Gasteiger partial charge in [0, 0.05) is 31.4 Å². The maximum Gasteiger partial charge on any atom is 0.435 e. The molecule has 1 unspecified atom stereocenters. The Morgan fingerprint density at radius 3 is 2.66 bits per heavy atom. The van der Waals surface area contributed by atoms with E-state index >= 15 is 0 Å². The van der Waals surface area contributed by atoms with Gasteiger partial charge >= 0.3 is 6.18 Å². The molecule has 10 heteroatoms. The van der Waals surface area contributed by atoms with Crippen molar-refractivity contribution in [3.05, 3.63) is 47.5 Å². The normalized spacial score (nSPS) is 13.3. The van der Waals surface area contributed by atoms with E-state index in [1.54, 1.807) is 12.1 Å². The van der Waals surface area contributed by atoms with Gasteiger partial charge in [0.15, 0.2) is 11.7 Å². The minimum atomic E-state index is -4.54. The Hall–Kier alpha value is -2.78. The second kappa shape index (κ2) is 10.1. The van der Waals surface area contributed by atoms with Crippen LogP contribution in [0, 0.1) is 5.82 Å². The van der Waals surface area contributed by atoms with E-state index in [2.05, 4.69) is 20.7 Å². The summed E-state index contributed by atoms with van der Waals surface area (Å²) >= 11 is 0. The maximum absolute atomic E-state index is 13.3. The number of nitrogens with one attached hydrogen (secondary N) is 2. The van der Waals surface area contributed by atoms with E-state index in [9.17, 15) is 17.6 Å². The third kappa shape index (κ3) is 6.95. The Balaban J connectivity index is 2.03. The highest BCUT2D eigenvalue weighted by molar-refractivity contribution is 5.79. The van der Waals surface area contributed by atoms with Crippen molar-refractivity contribution in [3.63, 3.8) is 0 Å². The van der Waals surface area contributed by atoms with E-state index in [-0.39, 0.29) is 18.2 Å². The number of guanidine groups is 1. The molecular formula is C19H25F4N5O. The van der Waals surface area contributed by atoms with Crippen molar-refractivity contribution in [3.8, 4) is 5.75 Å². The minimum absolute atomic E-state index is 0.0137. The largest absolute Gasteiger partial charge is 0.489 e. The third-order valence-electron chi connectivity index (χ3n) is 3.98. The molecule has 0 aliphatic rings. The Bertz CT molecular complexity index is 819. The molecule has 2 N–H and O–H groups in total. The van der Waals surface area contributed by atoms with Crippen LogP contribution in [0.3, 0.4) is 0 Å². The van der Waals surface area contributed by atoms with Crippen molar-refractivity contribution in [1.82, 2.24) is 20.4 Å². The quantitative estimate of drug-likeness (QED) is 0.394. The van der Waals surface area contributed by atoms with Crippen LogP contribution < -0.4 is 15.4 Å². The van der Waals surface area contributed by atoms with Gasteiger partial charge in [0.2, 0.25) is 0 Å². The zero-order chi connectivity index (χ0) is 21.4. The molecule has 0 aliphatic carbocycles. The van der Waals surface area contributed by atoms with E-state index in [4.69, 9.17) is 4.74 Å². The SMILES string of the molecule is CCNC(=NCc1cn(C)nc1C(F)(F)F)NCC(CC)Oc1cccc(F)c1. The predicted octanol–water partition coefficient (Wildman–Crippen LogP) is 3.49. The summed E-state index contributed by atoms with van der Waals surface area (Å²) in [6.45, 7) is 4.47. The Labute approximate surface area is 167 Å². The number of hydrogen-bond acceptors (Lipinski definition) is 3. The number of aromatic nitrogens is 2. The van der Waals surface area contributed by atoms with E-state index in [1.807, 2.05) is 13.8 Å². The van der Waals surface area contributed by atoms with E-state index in [0.717, 1.165) is 4.68 Å². The fourth-order valence-electron chi connectivity index (χ4n) is 2.61. The lowest BCUT2D eigenvalue weighted by molar-refractivity contribution is -0.142. The van der Waals surface area contributed by atoms with Crippen LogP contribution in [-0.2, 0) is 19.8 Å². The van der Waals surface area contributed by atoms with E-state index in [1.165, 1.54) is 25.4 Å². The summed E-state index contributed by atoms with van der Waals surface area (Å²) in [7, 11) is 1.43. The number of nitrogens with zero attached hydrogens (tertiary/aromatic N) is 3. The maximum atomic E-state index is 13.3. The van der Waals surface area contributed by atoms with Crippen LogP contribution in [0.25, 0.3) is 0 Å². The molecule has 0 fully saturated rings. The first-order chi connectivity index (χ1) is 13.7. The van der Waals surface area contributed by atoms with Crippen LogP contribution in [-0.4, -0.2) is 34.9 Å². The van der Waals surface area contributed by atoms with Gasteiger partial charge in [-0.2, -0.15) is 18.3 Å². The van der Waals surface area contributed by atoms with Crippen LogP contribution in [0.1, 0.15) is 31.5 Å². The molecule has 1 aromatic carbocycles. The summed E-state index contributed by atoms with van der Waals surface area (Å²) in [6.07, 6.45) is -2.87. The number of rotatable bonds is 8. The lowest BCUT2D eigenvalue weighted by Gasteiger charge is -2.20. The second-order valence-corrected chi connectivity index (χ2v) is 6.36. The highest BCUT2D eigenvalue weighted by Gasteiger charge is 2.36. The summed E-state index contributed by atoms with van der Waals surface area (Å²) in [6, 6.07) is 5.84. The second-order valence-electron chi connectivity index (χ2n) is 6.36. The smallest absolute Gasteiger partial charge is 0.435 e. The molecule has 160 valence electrons. The van der Waals surface area contributed by atoms with Gasteiger partial charge in [0.05, 0.1) is 13.1 Å². The van der Waals surface area contributed by atoms with Gasteiger partial charge in [-0.1, -0.05) is 13.0 Å². The molecule has 2 rings (SSSR count). The highest BCUT2D eigenvalue weighted by atomic mass is 19.4. The molecule has 0 radical (unpaired) electrons. The molecule has 0 bridgehead atoms. The molecular weight excluding hydrogens is 390 g/mol. The van der Waals surface area contributed by atoms with Crippen LogP contribution in [0.4, 0.5) is 17.6 Å². The Kier molecular flexibility index (Phi) is 7.86. The van der Waals surface area contributed by atoms with Crippen molar-refractivity contribution in [2.45, 2.75) is 39.1 Å². The van der Waals surface area contributed by atoms with E-state index < -0.39 is 17.7 Å². The van der Waals surface area contributed by atoms with Crippen LogP contribution in [0.5, 0.6) is 5.75 Å². The molecule has 0 amide bonds. The summed E-state index contributed by atoms with van der Waals surface area (Å²) in [5.41, 5.74) is -0.958. The molecule has 1 heterocycles. The average Bonchev–Trinajstić information content (AvgIpc) is 3.04. The summed E-state index contributed by atoms with van der Waals surface area (Å²) in [5, 5.41) is 9.52. The van der Waals surface area contributed by atoms with Gasteiger partial charge in [0.25, 0.3) is 0 Å². The zero-order valence-electron chi connectivity index (χ0n) is 16.6. The Morgan fingerprint density at radius 2 is 2.03 bits per heavy atom. The molecule has 29 heavy (non-hydrogen) atoms. The Morgan fingerprint density at radius 1 is 1.28 bits per heavy atom. The highest BCUT2D eigenvalue weighted by Crippen LogP contribution is 2.30. The molecule has 0 aliphatic heterocycles.